The van der Waals surface area contributed by atoms with Crippen LogP contribution in [0.4, 0.5) is 0 Å². The third-order valence-electron chi connectivity index (χ3n) is 1.82. The molecule has 1 aliphatic carbocycles. The molecule has 0 heterocycles. The number of carbonyl (C=O) groups excluding carboxylic acids is 1. The van der Waals surface area contributed by atoms with Crippen molar-refractivity contribution in [2.24, 2.45) is 5.41 Å². The minimum absolute atomic E-state index is 0.0972. The summed E-state index contributed by atoms with van der Waals surface area (Å²) in [4.78, 5) is 10.9. The molecule has 0 amide bonds. The first kappa shape index (κ1) is 6.33. The van der Waals surface area contributed by atoms with Crippen LogP contribution in [0.15, 0.2) is 11.8 Å². The Morgan fingerprint density at radius 2 is 2.22 bits per heavy atom. The predicted molar refractivity (Wildman–Crippen MR) is 34.1 cm³/mol. The Hall–Kier alpha value is -0.790. The maximum atomic E-state index is 10.9. The van der Waals surface area contributed by atoms with Crippen molar-refractivity contribution in [2.45, 2.75) is 20.3 Å². The highest BCUT2D eigenvalue weighted by Crippen LogP contribution is 2.32. The Kier molecular flexibility index (Phi) is 1.12. The van der Waals surface area contributed by atoms with Crippen LogP contribution in [-0.4, -0.2) is 10.9 Å². The highest BCUT2D eigenvalue weighted by atomic mass is 16.3. The van der Waals surface area contributed by atoms with Gasteiger partial charge in [-0.1, -0.05) is 0 Å². The molecule has 0 aromatic carbocycles. The number of aliphatic hydroxyl groups is 1. The lowest BCUT2D eigenvalue weighted by molar-refractivity contribution is -0.124. The first-order valence-corrected chi connectivity index (χ1v) is 2.98. The minimum Gasteiger partial charge on any atom is -0.512 e. The number of hydrogen-bond donors (Lipinski definition) is 1. The van der Waals surface area contributed by atoms with Gasteiger partial charge in [-0.05, 0) is 19.9 Å². The average molecular weight is 126 g/mol. The summed E-state index contributed by atoms with van der Waals surface area (Å²) in [5.74, 6) is 0.313. The molecule has 9 heavy (non-hydrogen) atoms. The summed E-state index contributed by atoms with van der Waals surface area (Å²) >= 11 is 0. The summed E-state index contributed by atoms with van der Waals surface area (Å²) in [6.45, 7) is 3.46. The van der Waals surface area contributed by atoms with Gasteiger partial charge in [0.15, 0.2) is 0 Å². The fraction of sp³-hybridized carbons (Fsp3) is 0.571. The summed E-state index contributed by atoms with van der Waals surface area (Å²) in [6, 6.07) is 0. The van der Waals surface area contributed by atoms with E-state index in [-0.39, 0.29) is 11.5 Å². The number of rotatable bonds is 0. The molecule has 0 spiro atoms. The van der Waals surface area contributed by atoms with E-state index in [0.717, 1.165) is 0 Å². The van der Waals surface area contributed by atoms with Gasteiger partial charge in [-0.3, -0.25) is 4.79 Å². The number of allylic oxidation sites excluding steroid dienone is 2. The number of aliphatic hydroxyl groups excluding tert-OH is 1. The number of ketones is 1. The normalized spacial score (nSPS) is 24.2. The molecular formula is C7H10O2. The van der Waals surface area contributed by atoms with Crippen LogP contribution in [0, 0.1) is 5.41 Å². The number of Topliss-reactive ketones (excluding diaryl/α,β-unsaturated/α-hetero) is 1. The molecule has 0 unspecified atom stereocenters. The van der Waals surface area contributed by atoms with E-state index in [9.17, 15) is 4.79 Å². The van der Waals surface area contributed by atoms with Crippen LogP contribution >= 0.6 is 0 Å². The molecule has 1 N–H and O–H groups in total. The van der Waals surface area contributed by atoms with Crippen molar-refractivity contribution in [3.8, 4) is 0 Å². The molecule has 0 aromatic rings. The van der Waals surface area contributed by atoms with Crippen molar-refractivity contribution in [2.75, 3.05) is 0 Å². The fourth-order valence-corrected chi connectivity index (χ4v) is 0.843. The van der Waals surface area contributed by atoms with Gasteiger partial charge < -0.3 is 5.11 Å². The Morgan fingerprint density at radius 3 is 2.33 bits per heavy atom. The molecule has 0 atom stereocenters. The van der Waals surface area contributed by atoms with E-state index in [2.05, 4.69) is 0 Å². The topological polar surface area (TPSA) is 37.3 Å². The Morgan fingerprint density at radius 1 is 1.67 bits per heavy atom. The van der Waals surface area contributed by atoms with Gasteiger partial charge >= 0.3 is 0 Å². The van der Waals surface area contributed by atoms with Crippen molar-refractivity contribution in [3.63, 3.8) is 0 Å². The zero-order chi connectivity index (χ0) is 7.07. The van der Waals surface area contributed by atoms with Crippen molar-refractivity contribution < 1.29 is 9.90 Å². The lowest BCUT2D eigenvalue weighted by Gasteiger charge is -2.14. The van der Waals surface area contributed by atoms with Gasteiger partial charge in [0.05, 0.1) is 5.41 Å². The van der Waals surface area contributed by atoms with Crippen LogP contribution < -0.4 is 0 Å². The van der Waals surface area contributed by atoms with E-state index in [0.29, 0.717) is 6.42 Å². The molecule has 0 saturated heterocycles. The molecule has 0 fully saturated rings. The first-order valence-electron chi connectivity index (χ1n) is 2.98. The van der Waals surface area contributed by atoms with Gasteiger partial charge in [-0.25, -0.2) is 0 Å². The van der Waals surface area contributed by atoms with Gasteiger partial charge in [0.25, 0.3) is 0 Å². The van der Waals surface area contributed by atoms with Gasteiger partial charge in [0, 0.05) is 6.42 Å². The third kappa shape index (κ3) is 0.745. The Balaban J connectivity index is 2.93. The maximum Gasteiger partial charge on any atom is 0.149 e. The van der Waals surface area contributed by atoms with Crippen LogP contribution in [0.25, 0.3) is 0 Å². The summed E-state index contributed by atoms with van der Waals surface area (Å²) in [5, 5.41) is 9.07. The standard InChI is InChI=1S/C7H10O2/c1-7(2)5(8)3-4-6(7)9/h3,8H,4H2,1-2H3. The summed E-state index contributed by atoms with van der Waals surface area (Å²) in [7, 11) is 0. The van der Waals surface area contributed by atoms with Crippen molar-refractivity contribution in [3.05, 3.63) is 11.8 Å². The first-order chi connectivity index (χ1) is 4.05. The van der Waals surface area contributed by atoms with E-state index < -0.39 is 5.41 Å². The van der Waals surface area contributed by atoms with Crippen LogP contribution in [0.3, 0.4) is 0 Å². The van der Waals surface area contributed by atoms with Gasteiger partial charge in [-0.15, -0.1) is 0 Å². The van der Waals surface area contributed by atoms with Crippen LogP contribution in [0.2, 0.25) is 0 Å². The van der Waals surface area contributed by atoms with E-state index >= 15 is 0 Å². The van der Waals surface area contributed by atoms with E-state index in [4.69, 9.17) is 5.11 Å². The summed E-state index contributed by atoms with van der Waals surface area (Å²) < 4.78 is 0. The highest BCUT2D eigenvalue weighted by Gasteiger charge is 2.35. The third-order valence-corrected chi connectivity index (χ3v) is 1.82. The van der Waals surface area contributed by atoms with Crippen molar-refractivity contribution >= 4 is 5.78 Å². The molecule has 0 radical (unpaired) electrons. The predicted octanol–water partition coefficient (Wildman–Crippen LogP) is 1.43. The zero-order valence-electron chi connectivity index (χ0n) is 5.64. The molecule has 1 aliphatic rings. The molecule has 0 bridgehead atoms. The van der Waals surface area contributed by atoms with Gasteiger partial charge in [0.2, 0.25) is 0 Å². The largest absolute Gasteiger partial charge is 0.512 e. The molecule has 0 aromatic heterocycles. The van der Waals surface area contributed by atoms with Gasteiger partial charge in [-0.2, -0.15) is 0 Å². The minimum atomic E-state index is -0.611. The monoisotopic (exact) mass is 126 g/mol. The van der Waals surface area contributed by atoms with E-state index in [1.807, 2.05) is 0 Å². The maximum absolute atomic E-state index is 10.9. The van der Waals surface area contributed by atoms with Gasteiger partial charge in [0.1, 0.15) is 11.5 Å². The van der Waals surface area contributed by atoms with Crippen molar-refractivity contribution in [1.82, 2.24) is 0 Å². The number of hydrogen-bond acceptors (Lipinski definition) is 2. The van der Waals surface area contributed by atoms with E-state index in [1.165, 1.54) is 0 Å². The average Bonchev–Trinajstić information content (AvgIpc) is 1.96. The molecule has 0 aliphatic heterocycles. The summed E-state index contributed by atoms with van der Waals surface area (Å²) in [6.07, 6.45) is 1.96. The molecule has 0 saturated carbocycles. The Bertz CT molecular complexity index is 177. The van der Waals surface area contributed by atoms with Crippen LogP contribution in [0.1, 0.15) is 20.3 Å². The second-order valence-corrected chi connectivity index (χ2v) is 2.84. The lowest BCUT2D eigenvalue weighted by Crippen LogP contribution is -2.20. The van der Waals surface area contributed by atoms with Crippen LogP contribution in [0.5, 0.6) is 0 Å². The highest BCUT2D eigenvalue weighted by molar-refractivity contribution is 5.90. The van der Waals surface area contributed by atoms with Crippen molar-refractivity contribution in [1.29, 1.82) is 0 Å². The molecule has 50 valence electrons. The molecular weight excluding hydrogens is 116 g/mol. The lowest BCUT2D eigenvalue weighted by atomic mass is 9.90. The fourth-order valence-electron chi connectivity index (χ4n) is 0.843. The second kappa shape index (κ2) is 1.59. The SMILES string of the molecule is CC1(C)C(=O)CC=C1O. The number of carbonyl (C=O) groups is 1. The smallest absolute Gasteiger partial charge is 0.149 e. The van der Waals surface area contributed by atoms with Crippen LogP contribution in [-0.2, 0) is 4.79 Å². The zero-order valence-corrected chi connectivity index (χ0v) is 5.64. The molecule has 2 nitrogen and oxygen atoms in total. The molecule has 2 heteroatoms. The van der Waals surface area contributed by atoms with E-state index in [1.54, 1.807) is 19.9 Å². The second-order valence-electron chi connectivity index (χ2n) is 2.84. The summed E-state index contributed by atoms with van der Waals surface area (Å²) in [5.41, 5.74) is -0.611. The molecule has 1 rings (SSSR count). The Labute approximate surface area is 54.2 Å². The quantitative estimate of drug-likeness (QED) is 0.533.